The van der Waals surface area contributed by atoms with E-state index in [-0.39, 0.29) is 28.8 Å². The molecule has 0 aliphatic heterocycles. The minimum absolute atomic E-state index is 0.00894. The van der Waals surface area contributed by atoms with Crippen molar-refractivity contribution in [3.8, 4) is 5.75 Å². The summed E-state index contributed by atoms with van der Waals surface area (Å²) in [7, 11) is 1.35. The molecule has 0 bridgehead atoms. The van der Waals surface area contributed by atoms with E-state index in [9.17, 15) is 9.18 Å². The highest BCUT2D eigenvalue weighted by atomic mass is 79.9. The van der Waals surface area contributed by atoms with Crippen molar-refractivity contribution >= 4 is 27.5 Å². The van der Waals surface area contributed by atoms with Gasteiger partial charge in [0.2, 0.25) is 5.75 Å². The summed E-state index contributed by atoms with van der Waals surface area (Å²) >= 11 is 8.84. The largest absolute Gasteiger partial charge is 0.489 e. The molecule has 1 aromatic heterocycles. The first-order valence-electron chi connectivity index (χ1n) is 5.25. The summed E-state index contributed by atoms with van der Waals surface area (Å²) < 4.78 is 19.7. The highest BCUT2D eigenvalue weighted by molar-refractivity contribution is 9.10. The van der Waals surface area contributed by atoms with Gasteiger partial charge in [-0.15, -0.1) is 0 Å². The maximum Gasteiger partial charge on any atom is 0.297 e. The summed E-state index contributed by atoms with van der Waals surface area (Å²) in [6.07, 6.45) is 1.32. The second-order valence-electron chi connectivity index (χ2n) is 3.75. The molecule has 0 fully saturated rings. The molecule has 2 rings (SSSR count). The summed E-state index contributed by atoms with van der Waals surface area (Å²) in [5.41, 5.74) is 0.365. The average Bonchev–Trinajstić information content (AvgIpc) is 2.38. The van der Waals surface area contributed by atoms with Gasteiger partial charge >= 0.3 is 0 Å². The van der Waals surface area contributed by atoms with Gasteiger partial charge < -0.3 is 4.74 Å². The molecule has 19 heavy (non-hydrogen) atoms. The lowest BCUT2D eigenvalue weighted by Crippen LogP contribution is -2.22. The van der Waals surface area contributed by atoms with Gasteiger partial charge in [0, 0.05) is 0 Å². The first-order valence-corrected chi connectivity index (χ1v) is 6.43. The third-order valence-corrected chi connectivity index (χ3v) is 3.37. The highest BCUT2D eigenvalue weighted by Crippen LogP contribution is 2.18. The van der Waals surface area contributed by atoms with Crippen molar-refractivity contribution in [1.29, 1.82) is 0 Å². The minimum Gasteiger partial charge on any atom is -0.489 e. The predicted molar refractivity (Wildman–Crippen MR) is 73.3 cm³/mol. The molecule has 0 saturated carbocycles. The number of aromatic nitrogens is 2. The van der Waals surface area contributed by atoms with Crippen molar-refractivity contribution in [2.24, 2.45) is 0 Å². The molecular weight excluding hydrogens is 338 g/mol. The molecule has 0 radical (unpaired) electrons. The number of hydrogen-bond acceptors (Lipinski definition) is 3. The summed E-state index contributed by atoms with van der Waals surface area (Å²) in [4.78, 5) is 15.9. The van der Waals surface area contributed by atoms with Crippen LogP contribution in [0.15, 0.2) is 33.8 Å². The van der Waals surface area contributed by atoms with Gasteiger partial charge in [0.25, 0.3) is 5.56 Å². The lowest BCUT2D eigenvalue weighted by molar-refractivity contribution is 0.401. The van der Waals surface area contributed by atoms with Crippen LogP contribution in [-0.2, 0) is 6.54 Å². The van der Waals surface area contributed by atoms with Gasteiger partial charge in [0.15, 0.2) is 5.15 Å². The topological polar surface area (TPSA) is 44.1 Å². The first-order chi connectivity index (χ1) is 9.02. The van der Waals surface area contributed by atoms with E-state index in [0.29, 0.717) is 4.47 Å². The second kappa shape index (κ2) is 5.71. The van der Waals surface area contributed by atoms with Gasteiger partial charge in [-0.3, -0.25) is 9.36 Å². The molecule has 0 aliphatic carbocycles. The van der Waals surface area contributed by atoms with Crippen LogP contribution in [-0.4, -0.2) is 16.7 Å². The number of nitrogens with zero attached hydrogens (tertiary/aromatic N) is 2. The van der Waals surface area contributed by atoms with E-state index in [4.69, 9.17) is 16.3 Å². The Morgan fingerprint density at radius 1 is 1.53 bits per heavy atom. The molecule has 0 N–H and O–H groups in total. The van der Waals surface area contributed by atoms with Gasteiger partial charge in [-0.1, -0.05) is 17.7 Å². The quantitative estimate of drug-likeness (QED) is 0.802. The lowest BCUT2D eigenvalue weighted by Gasteiger charge is -2.08. The minimum atomic E-state index is -0.386. The van der Waals surface area contributed by atoms with E-state index in [0.717, 1.165) is 5.56 Å². The fourth-order valence-electron chi connectivity index (χ4n) is 1.57. The van der Waals surface area contributed by atoms with E-state index in [2.05, 4.69) is 20.9 Å². The molecule has 0 aliphatic rings. The number of hydrogen-bond donors (Lipinski definition) is 0. The molecule has 7 heteroatoms. The summed E-state index contributed by atoms with van der Waals surface area (Å²) in [5, 5.41) is 0.0176. The van der Waals surface area contributed by atoms with E-state index in [1.807, 2.05) is 0 Å². The van der Waals surface area contributed by atoms with Crippen molar-refractivity contribution in [1.82, 2.24) is 9.55 Å². The van der Waals surface area contributed by atoms with Crippen LogP contribution in [0.3, 0.4) is 0 Å². The van der Waals surface area contributed by atoms with Crippen LogP contribution in [0.25, 0.3) is 0 Å². The standard InChI is InChI=1S/C12H9BrClFN2O2/c1-19-10-11(14)16-6-17(12(10)18)5-7-2-3-9(15)8(13)4-7/h2-4,6H,5H2,1H3. The fourth-order valence-corrected chi connectivity index (χ4v) is 2.20. The Hall–Kier alpha value is -1.40. The zero-order valence-corrected chi connectivity index (χ0v) is 12.2. The van der Waals surface area contributed by atoms with Crippen LogP contribution in [0.1, 0.15) is 5.56 Å². The van der Waals surface area contributed by atoms with E-state index in [1.54, 1.807) is 12.1 Å². The summed E-state index contributed by atoms with van der Waals surface area (Å²) in [5.74, 6) is -0.367. The average molecular weight is 348 g/mol. The summed E-state index contributed by atoms with van der Waals surface area (Å²) in [6.45, 7) is 0.248. The van der Waals surface area contributed by atoms with Crippen molar-refractivity contribution in [2.75, 3.05) is 7.11 Å². The van der Waals surface area contributed by atoms with Crippen LogP contribution in [0.2, 0.25) is 5.15 Å². The van der Waals surface area contributed by atoms with E-state index in [1.165, 1.54) is 24.1 Å². The van der Waals surface area contributed by atoms with Gasteiger partial charge in [-0.25, -0.2) is 9.37 Å². The Balaban J connectivity index is 2.38. The SMILES string of the molecule is COc1c(Cl)ncn(Cc2ccc(F)c(Br)c2)c1=O. The van der Waals surface area contributed by atoms with Crippen molar-refractivity contribution < 1.29 is 9.13 Å². The molecule has 0 unspecified atom stereocenters. The number of rotatable bonds is 3. The molecule has 0 saturated heterocycles. The zero-order chi connectivity index (χ0) is 14.0. The molecule has 1 aromatic carbocycles. The molecular formula is C12H9BrClFN2O2. The maximum absolute atomic E-state index is 13.1. The lowest BCUT2D eigenvalue weighted by atomic mass is 10.2. The smallest absolute Gasteiger partial charge is 0.297 e. The fraction of sp³-hybridized carbons (Fsp3) is 0.167. The Morgan fingerprint density at radius 2 is 2.26 bits per heavy atom. The Kier molecular flexibility index (Phi) is 4.21. The zero-order valence-electron chi connectivity index (χ0n) is 9.86. The maximum atomic E-state index is 13.1. The monoisotopic (exact) mass is 346 g/mol. The van der Waals surface area contributed by atoms with Crippen LogP contribution in [0.4, 0.5) is 4.39 Å². The van der Waals surface area contributed by atoms with Gasteiger partial charge in [-0.2, -0.15) is 0 Å². The number of benzene rings is 1. The van der Waals surface area contributed by atoms with E-state index >= 15 is 0 Å². The molecule has 100 valence electrons. The van der Waals surface area contributed by atoms with Crippen molar-refractivity contribution in [3.63, 3.8) is 0 Å². The Morgan fingerprint density at radius 3 is 2.89 bits per heavy atom. The van der Waals surface area contributed by atoms with Gasteiger partial charge in [-0.05, 0) is 33.6 Å². The number of halogens is 3. The third kappa shape index (κ3) is 2.96. The molecule has 0 atom stereocenters. The van der Waals surface area contributed by atoms with E-state index < -0.39 is 0 Å². The van der Waals surface area contributed by atoms with Gasteiger partial charge in [0.05, 0.1) is 24.5 Å². The molecule has 0 amide bonds. The van der Waals surface area contributed by atoms with Crippen LogP contribution in [0, 0.1) is 5.82 Å². The third-order valence-electron chi connectivity index (χ3n) is 2.49. The molecule has 0 spiro atoms. The van der Waals surface area contributed by atoms with Crippen molar-refractivity contribution in [2.45, 2.75) is 6.54 Å². The number of methoxy groups -OCH3 is 1. The molecule has 1 heterocycles. The highest BCUT2D eigenvalue weighted by Gasteiger charge is 2.11. The molecule has 4 nitrogen and oxygen atoms in total. The second-order valence-corrected chi connectivity index (χ2v) is 4.96. The Bertz CT molecular complexity index is 675. The predicted octanol–water partition coefficient (Wildman–Crippen LogP) is 2.86. The van der Waals surface area contributed by atoms with Crippen molar-refractivity contribution in [3.05, 3.63) is 55.9 Å². The number of ether oxygens (including phenoxy) is 1. The van der Waals surface area contributed by atoms with Crippen LogP contribution in [0.5, 0.6) is 5.75 Å². The first kappa shape index (κ1) is 14.0. The van der Waals surface area contributed by atoms with Crippen LogP contribution >= 0.6 is 27.5 Å². The Labute approximate surface area is 121 Å². The van der Waals surface area contributed by atoms with Gasteiger partial charge in [0.1, 0.15) is 5.82 Å². The normalized spacial score (nSPS) is 10.5. The summed E-state index contributed by atoms with van der Waals surface area (Å²) in [6, 6.07) is 4.52. The van der Waals surface area contributed by atoms with Crippen LogP contribution < -0.4 is 10.3 Å². The molecule has 2 aromatic rings.